The first-order valence-corrected chi connectivity index (χ1v) is 4.78. The number of nitrogens with one attached hydrogen (secondary N) is 1. The van der Waals surface area contributed by atoms with Crippen molar-refractivity contribution >= 4 is 16.1 Å². The summed E-state index contributed by atoms with van der Waals surface area (Å²) in [6, 6.07) is 5.98. The summed E-state index contributed by atoms with van der Waals surface area (Å²) >= 11 is 0. The smallest absolute Gasteiger partial charge is 0.262 e. The van der Waals surface area contributed by atoms with E-state index in [4.69, 9.17) is 0 Å². The third kappa shape index (κ3) is 3.30. The van der Waals surface area contributed by atoms with Gasteiger partial charge in [0.2, 0.25) is 0 Å². The zero-order valence-corrected chi connectivity index (χ0v) is 7.67. The van der Waals surface area contributed by atoms with Crippen LogP contribution < -0.4 is 9.50 Å². The lowest BCUT2D eigenvalue weighted by molar-refractivity contribution is 0.372. The molecule has 13 heavy (non-hydrogen) atoms. The predicted molar refractivity (Wildman–Crippen MR) is 46.3 cm³/mol. The molecule has 0 radical (unpaired) electrons. The molecule has 0 saturated heterocycles. The summed E-state index contributed by atoms with van der Waals surface area (Å²) in [5.41, 5.74) is 0.802. The van der Waals surface area contributed by atoms with E-state index >= 15 is 0 Å². The van der Waals surface area contributed by atoms with E-state index < -0.39 is 10.4 Å². The van der Waals surface area contributed by atoms with Crippen LogP contribution in [-0.2, 0) is 10.4 Å². The van der Waals surface area contributed by atoms with E-state index in [2.05, 4.69) is 9.50 Å². The first-order valence-electron chi connectivity index (χ1n) is 3.44. The highest BCUT2D eigenvalue weighted by Crippen LogP contribution is 2.15. The van der Waals surface area contributed by atoms with Crippen LogP contribution in [0.3, 0.4) is 0 Å². The molecule has 0 atom stereocenters. The number of hydrogen-bond donors (Lipinski definition) is 1. The van der Waals surface area contributed by atoms with Gasteiger partial charge in [0.25, 0.3) is 10.4 Å². The van der Waals surface area contributed by atoms with Crippen molar-refractivity contribution in [3.63, 3.8) is 0 Å². The molecule has 0 aliphatic heterocycles. The highest BCUT2D eigenvalue weighted by atomic mass is 32.3. The summed E-state index contributed by atoms with van der Waals surface area (Å²) in [6.45, 7) is 0. The Hall–Kier alpha value is -1.27. The maximum Gasteiger partial charge on any atom is 0.262 e. The van der Waals surface area contributed by atoms with Crippen LogP contribution in [-0.4, -0.2) is 20.0 Å². The lowest BCUT2D eigenvalue weighted by atomic mass is 10.3. The molecule has 1 aromatic carbocycles. The molecule has 0 bridgehead atoms. The Morgan fingerprint density at radius 2 is 1.85 bits per heavy atom. The third-order valence-corrected chi connectivity index (χ3v) is 1.74. The van der Waals surface area contributed by atoms with Crippen molar-refractivity contribution < 1.29 is 17.2 Å². The van der Waals surface area contributed by atoms with E-state index in [0.29, 0.717) is 0 Å². The zero-order valence-electron chi connectivity index (χ0n) is 6.85. The first-order chi connectivity index (χ1) is 6.01. The van der Waals surface area contributed by atoms with E-state index in [1.165, 1.54) is 12.1 Å². The van der Waals surface area contributed by atoms with Crippen LogP contribution in [0.25, 0.3) is 0 Å². The second-order valence-corrected chi connectivity index (χ2v) is 3.25. The number of benzene rings is 1. The average Bonchev–Trinajstić information content (AvgIpc) is 2.03. The highest BCUT2D eigenvalue weighted by Gasteiger charge is 1.97. The lowest BCUT2D eigenvalue weighted by Crippen LogP contribution is -2.06. The van der Waals surface area contributed by atoms with Crippen molar-refractivity contribution in [1.82, 2.24) is 0 Å². The molecular weight excluding hydrogens is 194 g/mol. The Morgan fingerprint density at radius 1 is 1.31 bits per heavy atom. The maximum absolute atomic E-state index is 10.2. The Morgan fingerprint density at radius 3 is 2.23 bits per heavy atom. The summed E-state index contributed by atoms with van der Waals surface area (Å²) in [7, 11) is -2.94. The van der Waals surface area contributed by atoms with Gasteiger partial charge in [0.15, 0.2) is 0 Å². The third-order valence-electron chi connectivity index (χ3n) is 1.34. The van der Waals surface area contributed by atoms with Gasteiger partial charge in [0.05, 0.1) is 0 Å². The van der Waals surface area contributed by atoms with Gasteiger partial charge in [-0.05, 0) is 24.3 Å². The molecule has 5 nitrogen and oxygen atoms in total. The molecular formula is C7H8NO4S-. The SMILES string of the molecule is CNc1ccc(OS(=O)(=O)[O-])cc1. The van der Waals surface area contributed by atoms with Gasteiger partial charge in [-0.2, -0.15) is 0 Å². The van der Waals surface area contributed by atoms with Gasteiger partial charge in [-0.25, -0.2) is 8.42 Å². The quantitative estimate of drug-likeness (QED) is 0.572. The van der Waals surface area contributed by atoms with Crippen LogP contribution in [0.15, 0.2) is 24.3 Å². The normalized spacial score (nSPS) is 10.9. The minimum absolute atomic E-state index is 0.00833. The average molecular weight is 202 g/mol. The summed E-state index contributed by atoms with van der Waals surface area (Å²) in [6.07, 6.45) is 0. The molecule has 0 saturated carbocycles. The first kappa shape index (κ1) is 9.82. The van der Waals surface area contributed by atoms with Gasteiger partial charge < -0.3 is 14.1 Å². The molecule has 1 rings (SSSR count). The van der Waals surface area contributed by atoms with Crippen molar-refractivity contribution in [1.29, 1.82) is 0 Å². The predicted octanol–water partition coefficient (Wildman–Crippen LogP) is 0.567. The molecule has 6 heteroatoms. The Balaban J connectivity index is 2.81. The van der Waals surface area contributed by atoms with Crippen molar-refractivity contribution in [2.75, 3.05) is 12.4 Å². The van der Waals surface area contributed by atoms with Crippen molar-refractivity contribution in [2.24, 2.45) is 0 Å². The second kappa shape index (κ2) is 3.63. The van der Waals surface area contributed by atoms with Gasteiger partial charge in [-0.1, -0.05) is 0 Å². The number of rotatable bonds is 3. The molecule has 0 fully saturated rings. The van der Waals surface area contributed by atoms with Crippen LogP contribution in [0.2, 0.25) is 0 Å². The van der Waals surface area contributed by atoms with Crippen LogP contribution in [0.5, 0.6) is 5.75 Å². The van der Waals surface area contributed by atoms with Crippen LogP contribution >= 0.6 is 0 Å². The summed E-state index contributed by atoms with van der Waals surface area (Å²) in [4.78, 5) is 0. The zero-order chi connectivity index (χ0) is 9.90. The van der Waals surface area contributed by atoms with Gasteiger partial charge in [-0.15, -0.1) is 0 Å². The van der Waals surface area contributed by atoms with Crippen LogP contribution in [0.4, 0.5) is 5.69 Å². The monoisotopic (exact) mass is 202 g/mol. The van der Waals surface area contributed by atoms with Crippen molar-refractivity contribution in [3.8, 4) is 5.75 Å². The molecule has 0 heterocycles. The number of hydrogen-bond acceptors (Lipinski definition) is 5. The topological polar surface area (TPSA) is 78.5 Å². The molecule has 1 aromatic rings. The Labute approximate surface area is 76.3 Å². The molecule has 1 N–H and O–H groups in total. The maximum atomic E-state index is 10.2. The fourth-order valence-electron chi connectivity index (χ4n) is 0.795. The molecule has 0 spiro atoms. The summed E-state index contributed by atoms with van der Waals surface area (Å²) in [5.74, 6) is 0.00833. The lowest BCUT2D eigenvalue weighted by Gasteiger charge is -2.08. The van der Waals surface area contributed by atoms with E-state index in [9.17, 15) is 13.0 Å². The van der Waals surface area contributed by atoms with E-state index in [1.807, 2.05) is 0 Å². The molecule has 0 aliphatic rings. The van der Waals surface area contributed by atoms with Crippen molar-refractivity contribution in [2.45, 2.75) is 0 Å². The van der Waals surface area contributed by atoms with E-state index in [0.717, 1.165) is 5.69 Å². The molecule has 72 valence electrons. The standard InChI is InChI=1S/C7H9NO4S/c1-8-6-2-4-7(5-3-6)12-13(9,10)11/h2-5,8H,1H3,(H,9,10,11)/p-1. The van der Waals surface area contributed by atoms with E-state index in [1.54, 1.807) is 19.2 Å². The second-order valence-electron chi connectivity index (χ2n) is 2.27. The fourth-order valence-corrected chi connectivity index (χ4v) is 1.14. The van der Waals surface area contributed by atoms with Gasteiger partial charge in [0, 0.05) is 12.7 Å². The van der Waals surface area contributed by atoms with E-state index in [-0.39, 0.29) is 5.75 Å². The minimum Gasteiger partial charge on any atom is -0.716 e. The van der Waals surface area contributed by atoms with Crippen LogP contribution in [0, 0.1) is 0 Å². The summed E-state index contributed by atoms with van der Waals surface area (Å²) < 4.78 is 34.6. The Kier molecular flexibility index (Phi) is 2.74. The summed E-state index contributed by atoms with van der Waals surface area (Å²) in [5, 5.41) is 2.83. The highest BCUT2D eigenvalue weighted by molar-refractivity contribution is 7.81. The minimum atomic E-state index is -4.67. The number of anilines is 1. The molecule has 0 aromatic heterocycles. The Bertz CT molecular complexity index is 370. The van der Waals surface area contributed by atoms with Gasteiger partial charge in [0.1, 0.15) is 5.75 Å². The molecule has 0 aliphatic carbocycles. The van der Waals surface area contributed by atoms with Crippen LogP contribution in [0.1, 0.15) is 0 Å². The molecule has 0 unspecified atom stereocenters. The van der Waals surface area contributed by atoms with Gasteiger partial charge in [-0.3, -0.25) is 0 Å². The van der Waals surface area contributed by atoms with Gasteiger partial charge >= 0.3 is 0 Å². The van der Waals surface area contributed by atoms with Crippen molar-refractivity contribution in [3.05, 3.63) is 24.3 Å². The largest absolute Gasteiger partial charge is 0.716 e. The fraction of sp³-hybridized carbons (Fsp3) is 0.143. The molecule has 0 amide bonds.